The van der Waals surface area contributed by atoms with Crippen molar-refractivity contribution in [1.29, 1.82) is 0 Å². The zero-order valence-electron chi connectivity index (χ0n) is 5.01. The van der Waals surface area contributed by atoms with Gasteiger partial charge in [-0.2, -0.15) is 0 Å². The first-order chi connectivity index (χ1) is 3.50. The van der Waals surface area contributed by atoms with Crippen molar-refractivity contribution in [2.75, 3.05) is 0 Å². The summed E-state index contributed by atoms with van der Waals surface area (Å²) in [5.41, 5.74) is 0. The molecule has 0 aromatic carbocycles. The second-order valence-corrected chi connectivity index (χ2v) is 3.56. The molecule has 0 aliphatic heterocycles. The maximum Gasteiger partial charge on any atom is 0.0447 e. The molecule has 0 aliphatic rings. The Kier molecular flexibility index (Phi) is 2.37. The molecular formula is C5H9O2S-. The molecule has 0 fully saturated rings. The highest BCUT2D eigenvalue weighted by Crippen LogP contribution is 2.10. The Morgan fingerprint density at radius 2 is 2.12 bits per heavy atom. The second kappa shape index (κ2) is 2.42. The van der Waals surface area contributed by atoms with E-state index in [1.54, 1.807) is 13.8 Å². The van der Waals surface area contributed by atoms with Crippen molar-refractivity contribution >= 4 is 11.1 Å². The van der Waals surface area contributed by atoms with Gasteiger partial charge in [0.05, 0.1) is 0 Å². The highest BCUT2D eigenvalue weighted by molar-refractivity contribution is 7.80. The standard InChI is InChI=1S/C5H10O2S/c1-4-5(2,3)8(6)7/h4H,1H2,2-3H3,(H,6,7)/p-1. The van der Waals surface area contributed by atoms with Crippen LogP contribution in [0.4, 0.5) is 0 Å². The van der Waals surface area contributed by atoms with Crippen LogP contribution in [-0.4, -0.2) is 13.5 Å². The zero-order valence-corrected chi connectivity index (χ0v) is 5.83. The molecule has 0 aliphatic carbocycles. The van der Waals surface area contributed by atoms with E-state index in [4.69, 9.17) is 0 Å². The largest absolute Gasteiger partial charge is 0.772 e. The summed E-state index contributed by atoms with van der Waals surface area (Å²) in [5, 5.41) is 0. The van der Waals surface area contributed by atoms with E-state index >= 15 is 0 Å². The fraction of sp³-hybridized carbons (Fsp3) is 0.600. The summed E-state index contributed by atoms with van der Waals surface area (Å²) >= 11 is -2.04. The van der Waals surface area contributed by atoms with Gasteiger partial charge in [-0.05, 0) is 24.9 Å². The fourth-order valence-corrected chi connectivity index (χ4v) is 0.204. The van der Waals surface area contributed by atoms with Crippen LogP contribution in [0.1, 0.15) is 13.8 Å². The maximum atomic E-state index is 10.2. The molecule has 0 radical (unpaired) electrons. The van der Waals surface area contributed by atoms with Gasteiger partial charge in [-0.25, -0.2) is 0 Å². The average molecular weight is 133 g/mol. The molecule has 0 saturated heterocycles. The van der Waals surface area contributed by atoms with Gasteiger partial charge in [-0.1, -0.05) is 6.08 Å². The Balaban J connectivity index is 4.12. The summed E-state index contributed by atoms with van der Waals surface area (Å²) < 4.78 is 19.6. The van der Waals surface area contributed by atoms with Crippen LogP contribution < -0.4 is 0 Å². The lowest BCUT2D eigenvalue weighted by atomic mass is 10.2. The van der Waals surface area contributed by atoms with Crippen LogP contribution in [0.2, 0.25) is 0 Å². The van der Waals surface area contributed by atoms with Gasteiger partial charge in [0.15, 0.2) is 0 Å². The van der Waals surface area contributed by atoms with Crippen molar-refractivity contribution in [3.63, 3.8) is 0 Å². The zero-order chi connectivity index (χ0) is 6.78. The molecule has 2 nitrogen and oxygen atoms in total. The molecule has 0 saturated carbocycles. The van der Waals surface area contributed by atoms with Crippen molar-refractivity contribution in [2.24, 2.45) is 0 Å². The molecule has 0 spiro atoms. The van der Waals surface area contributed by atoms with E-state index in [1.807, 2.05) is 0 Å². The normalized spacial score (nSPS) is 15.4. The average Bonchev–Trinajstić information content (AvgIpc) is 1.67. The summed E-state index contributed by atoms with van der Waals surface area (Å²) in [6, 6.07) is 0. The topological polar surface area (TPSA) is 40.1 Å². The van der Waals surface area contributed by atoms with Gasteiger partial charge in [0.2, 0.25) is 0 Å². The van der Waals surface area contributed by atoms with Crippen LogP contribution in [-0.2, 0) is 11.1 Å². The molecule has 48 valence electrons. The summed E-state index contributed by atoms with van der Waals surface area (Å²) in [4.78, 5) is 0. The third-order valence-electron chi connectivity index (χ3n) is 0.921. The van der Waals surface area contributed by atoms with Crippen LogP contribution >= 0.6 is 0 Å². The van der Waals surface area contributed by atoms with Crippen LogP contribution in [0.5, 0.6) is 0 Å². The molecular weight excluding hydrogens is 124 g/mol. The third kappa shape index (κ3) is 1.76. The summed E-state index contributed by atoms with van der Waals surface area (Å²) in [6.07, 6.45) is 1.40. The van der Waals surface area contributed by atoms with Crippen LogP contribution in [0.15, 0.2) is 12.7 Å². The minimum absolute atomic E-state index is 0.778. The quantitative estimate of drug-likeness (QED) is 0.413. The second-order valence-electron chi connectivity index (χ2n) is 2.04. The summed E-state index contributed by atoms with van der Waals surface area (Å²) in [5.74, 6) is 0. The maximum absolute atomic E-state index is 10.2. The Morgan fingerprint density at radius 3 is 2.12 bits per heavy atom. The van der Waals surface area contributed by atoms with Crippen molar-refractivity contribution < 1.29 is 8.76 Å². The highest BCUT2D eigenvalue weighted by atomic mass is 32.2. The van der Waals surface area contributed by atoms with Gasteiger partial charge in [0.1, 0.15) is 0 Å². The molecule has 8 heavy (non-hydrogen) atoms. The minimum Gasteiger partial charge on any atom is -0.772 e. The SMILES string of the molecule is C=CC(C)(C)S(=O)[O-]. The minimum atomic E-state index is -2.04. The molecule has 0 heterocycles. The van der Waals surface area contributed by atoms with Crippen molar-refractivity contribution in [2.45, 2.75) is 18.6 Å². The smallest absolute Gasteiger partial charge is 0.0447 e. The van der Waals surface area contributed by atoms with E-state index < -0.39 is 15.8 Å². The van der Waals surface area contributed by atoms with E-state index in [0.717, 1.165) is 0 Å². The van der Waals surface area contributed by atoms with Gasteiger partial charge < -0.3 is 4.55 Å². The predicted molar refractivity (Wildman–Crippen MR) is 33.2 cm³/mol. The van der Waals surface area contributed by atoms with Crippen molar-refractivity contribution in [1.82, 2.24) is 0 Å². The Labute approximate surface area is 51.9 Å². The van der Waals surface area contributed by atoms with Gasteiger partial charge in [-0.15, -0.1) is 6.58 Å². The first-order valence-corrected chi connectivity index (χ1v) is 3.31. The monoisotopic (exact) mass is 133 g/mol. The number of hydrogen-bond acceptors (Lipinski definition) is 2. The van der Waals surface area contributed by atoms with E-state index in [2.05, 4.69) is 6.58 Å². The lowest BCUT2D eigenvalue weighted by Crippen LogP contribution is -2.22. The van der Waals surface area contributed by atoms with Crippen LogP contribution in [0, 0.1) is 0 Å². The van der Waals surface area contributed by atoms with Gasteiger partial charge >= 0.3 is 0 Å². The van der Waals surface area contributed by atoms with Crippen molar-refractivity contribution in [3.8, 4) is 0 Å². The van der Waals surface area contributed by atoms with E-state index in [1.165, 1.54) is 6.08 Å². The molecule has 0 rings (SSSR count). The molecule has 0 bridgehead atoms. The molecule has 0 amide bonds. The Bertz CT molecular complexity index is 118. The first-order valence-electron chi connectivity index (χ1n) is 2.23. The Morgan fingerprint density at radius 1 is 1.75 bits per heavy atom. The van der Waals surface area contributed by atoms with Gasteiger partial charge in [0, 0.05) is 4.75 Å². The first kappa shape index (κ1) is 7.85. The molecule has 1 atom stereocenters. The van der Waals surface area contributed by atoms with Gasteiger partial charge in [0.25, 0.3) is 0 Å². The molecule has 0 N–H and O–H groups in total. The molecule has 0 aromatic rings. The lowest BCUT2D eigenvalue weighted by molar-refractivity contribution is 0.514. The number of rotatable bonds is 2. The molecule has 1 unspecified atom stereocenters. The van der Waals surface area contributed by atoms with Gasteiger partial charge in [-0.3, -0.25) is 4.21 Å². The van der Waals surface area contributed by atoms with Crippen molar-refractivity contribution in [3.05, 3.63) is 12.7 Å². The molecule has 3 heteroatoms. The van der Waals surface area contributed by atoms with E-state index in [-0.39, 0.29) is 0 Å². The fourth-order valence-electron chi connectivity index (χ4n) is 0.0680. The van der Waals surface area contributed by atoms with E-state index in [9.17, 15) is 8.76 Å². The third-order valence-corrected chi connectivity index (χ3v) is 1.95. The van der Waals surface area contributed by atoms with Crippen LogP contribution in [0.3, 0.4) is 0 Å². The highest BCUT2D eigenvalue weighted by Gasteiger charge is 2.11. The predicted octanol–water partition coefficient (Wildman–Crippen LogP) is 0.830. The lowest BCUT2D eigenvalue weighted by Gasteiger charge is -2.22. The molecule has 0 aromatic heterocycles. The number of hydrogen-bond donors (Lipinski definition) is 0. The van der Waals surface area contributed by atoms with E-state index in [0.29, 0.717) is 0 Å². The summed E-state index contributed by atoms with van der Waals surface area (Å²) in [7, 11) is 0. The van der Waals surface area contributed by atoms with Crippen LogP contribution in [0.25, 0.3) is 0 Å². The Hall–Kier alpha value is -0.150. The summed E-state index contributed by atoms with van der Waals surface area (Å²) in [6.45, 7) is 6.53.